The number of carbonyl (C=O) groups is 1. The summed E-state index contributed by atoms with van der Waals surface area (Å²) >= 11 is 0. The molecular formula is C14H22N2O3. The maximum atomic E-state index is 12.2. The van der Waals surface area contributed by atoms with Crippen LogP contribution in [0.3, 0.4) is 0 Å². The molecule has 0 saturated heterocycles. The van der Waals surface area contributed by atoms with Crippen LogP contribution in [0.15, 0.2) is 12.1 Å². The first kappa shape index (κ1) is 15.1. The molecule has 0 bridgehead atoms. The predicted molar refractivity (Wildman–Crippen MR) is 75.7 cm³/mol. The molecule has 1 aromatic carbocycles. The molecule has 0 aliphatic carbocycles. The third-order valence-electron chi connectivity index (χ3n) is 3.16. The summed E-state index contributed by atoms with van der Waals surface area (Å²) in [5.41, 5.74) is 6.64. The lowest BCUT2D eigenvalue weighted by Gasteiger charge is -2.19. The molecular weight excluding hydrogens is 244 g/mol. The second-order valence-corrected chi connectivity index (χ2v) is 4.80. The maximum Gasteiger partial charge on any atom is 0.253 e. The molecule has 0 fully saturated rings. The first-order valence-electron chi connectivity index (χ1n) is 6.23. The lowest BCUT2D eigenvalue weighted by Crippen LogP contribution is -2.36. The van der Waals surface area contributed by atoms with Crippen LogP contribution in [0.4, 0.5) is 5.69 Å². The molecule has 5 heteroatoms. The van der Waals surface area contributed by atoms with Gasteiger partial charge in [-0.05, 0) is 18.9 Å². The number of anilines is 1. The first-order chi connectivity index (χ1) is 8.90. The maximum absolute atomic E-state index is 12.2. The smallest absolute Gasteiger partial charge is 0.253 e. The van der Waals surface area contributed by atoms with E-state index in [0.29, 0.717) is 28.7 Å². The molecule has 0 radical (unpaired) electrons. The predicted octanol–water partition coefficient (Wildman–Crippen LogP) is 2.06. The number of methoxy groups -OCH3 is 2. The van der Waals surface area contributed by atoms with Crippen LogP contribution in [-0.2, 0) is 0 Å². The Morgan fingerprint density at radius 1 is 1.16 bits per heavy atom. The number of benzene rings is 1. The second kappa shape index (κ2) is 6.31. The fraction of sp³-hybridized carbons (Fsp3) is 0.500. The average Bonchev–Trinajstić information content (AvgIpc) is 2.37. The molecule has 0 spiro atoms. The number of nitrogens with two attached hydrogens (primary N) is 1. The third-order valence-corrected chi connectivity index (χ3v) is 3.16. The van der Waals surface area contributed by atoms with E-state index in [9.17, 15) is 4.79 Å². The van der Waals surface area contributed by atoms with Crippen molar-refractivity contribution in [3.63, 3.8) is 0 Å². The largest absolute Gasteiger partial charge is 0.493 e. The van der Waals surface area contributed by atoms with Crippen molar-refractivity contribution >= 4 is 11.6 Å². The fourth-order valence-corrected chi connectivity index (χ4v) is 1.54. The van der Waals surface area contributed by atoms with Crippen LogP contribution in [0.5, 0.6) is 11.5 Å². The highest BCUT2D eigenvalue weighted by molar-refractivity contribution is 6.00. The van der Waals surface area contributed by atoms with E-state index < -0.39 is 0 Å². The summed E-state index contributed by atoms with van der Waals surface area (Å²) in [4.78, 5) is 12.2. The number of amides is 1. The van der Waals surface area contributed by atoms with Crippen LogP contribution in [0, 0.1) is 5.92 Å². The van der Waals surface area contributed by atoms with Crippen LogP contribution < -0.4 is 20.5 Å². The number of ether oxygens (including phenoxy) is 2. The summed E-state index contributed by atoms with van der Waals surface area (Å²) in [6.07, 6.45) is 0. The Bertz CT molecular complexity index is 458. The topological polar surface area (TPSA) is 73.6 Å². The summed E-state index contributed by atoms with van der Waals surface area (Å²) in [6.45, 7) is 6.05. The molecule has 1 atom stereocenters. The van der Waals surface area contributed by atoms with E-state index >= 15 is 0 Å². The van der Waals surface area contributed by atoms with Crippen LogP contribution in [0.1, 0.15) is 31.1 Å². The van der Waals surface area contributed by atoms with E-state index in [-0.39, 0.29) is 11.9 Å². The Labute approximate surface area is 114 Å². The summed E-state index contributed by atoms with van der Waals surface area (Å²) in [5, 5.41) is 2.91. The summed E-state index contributed by atoms with van der Waals surface area (Å²) < 4.78 is 10.3. The molecule has 0 aliphatic rings. The molecule has 0 aromatic heterocycles. The van der Waals surface area contributed by atoms with Gasteiger partial charge in [0.1, 0.15) is 0 Å². The lowest BCUT2D eigenvalue weighted by atomic mass is 10.1. The minimum absolute atomic E-state index is 0.0694. The van der Waals surface area contributed by atoms with Crippen molar-refractivity contribution in [2.24, 2.45) is 5.92 Å². The first-order valence-corrected chi connectivity index (χ1v) is 6.23. The molecule has 1 amide bonds. The van der Waals surface area contributed by atoms with Crippen LogP contribution in [-0.4, -0.2) is 26.2 Å². The number of rotatable bonds is 5. The van der Waals surface area contributed by atoms with Gasteiger partial charge in [0.25, 0.3) is 5.91 Å². The molecule has 1 aromatic rings. The van der Waals surface area contributed by atoms with Crippen molar-refractivity contribution < 1.29 is 14.3 Å². The molecule has 5 nitrogen and oxygen atoms in total. The molecule has 19 heavy (non-hydrogen) atoms. The minimum Gasteiger partial charge on any atom is -0.493 e. The molecule has 3 N–H and O–H groups in total. The van der Waals surface area contributed by atoms with E-state index in [0.717, 1.165) is 0 Å². The van der Waals surface area contributed by atoms with Gasteiger partial charge in [0.05, 0.1) is 19.8 Å². The zero-order chi connectivity index (χ0) is 14.6. The minimum atomic E-state index is -0.209. The highest BCUT2D eigenvalue weighted by Crippen LogP contribution is 2.31. The van der Waals surface area contributed by atoms with Gasteiger partial charge in [-0.2, -0.15) is 0 Å². The molecule has 1 unspecified atom stereocenters. The van der Waals surface area contributed by atoms with Crippen molar-refractivity contribution in [1.29, 1.82) is 0 Å². The standard InChI is InChI=1S/C14H22N2O3/c1-8(2)9(3)16-14(17)10-6-12(18-4)13(19-5)7-11(10)15/h6-9H,15H2,1-5H3,(H,16,17). The summed E-state index contributed by atoms with van der Waals surface area (Å²) in [5.74, 6) is 1.14. The van der Waals surface area contributed by atoms with Crippen molar-refractivity contribution in [3.05, 3.63) is 17.7 Å². The van der Waals surface area contributed by atoms with Gasteiger partial charge in [0.15, 0.2) is 11.5 Å². The van der Waals surface area contributed by atoms with E-state index in [4.69, 9.17) is 15.2 Å². The highest BCUT2D eigenvalue weighted by atomic mass is 16.5. The molecule has 0 aliphatic heterocycles. The lowest BCUT2D eigenvalue weighted by molar-refractivity contribution is 0.0931. The average molecular weight is 266 g/mol. The Morgan fingerprint density at radius 2 is 1.68 bits per heavy atom. The Kier molecular flexibility index (Phi) is 5.03. The number of carbonyl (C=O) groups excluding carboxylic acids is 1. The van der Waals surface area contributed by atoms with Crippen LogP contribution in [0.2, 0.25) is 0 Å². The fourth-order valence-electron chi connectivity index (χ4n) is 1.54. The van der Waals surface area contributed by atoms with Gasteiger partial charge in [0.2, 0.25) is 0 Å². The summed E-state index contributed by atoms with van der Waals surface area (Å²) in [6, 6.07) is 3.25. The van der Waals surface area contributed by atoms with Gasteiger partial charge in [0, 0.05) is 17.8 Å². The summed E-state index contributed by atoms with van der Waals surface area (Å²) in [7, 11) is 3.05. The van der Waals surface area contributed by atoms with Gasteiger partial charge in [-0.1, -0.05) is 13.8 Å². The van der Waals surface area contributed by atoms with Gasteiger partial charge >= 0.3 is 0 Å². The molecule has 1 rings (SSSR count). The third kappa shape index (κ3) is 3.53. The van der Waals surface area contributed by atoms with E-state index in [1.807, 2.05) is 20.8 Å². The number of hydrogen-bond donors (Lipinski definition) is 2. The molecule has 0 heterocycles. The molecule has 106 valence electrons. The monoisotopic (exact) mass is 266 g/mol. The Balaban J connectivity index is 3.03. The van der Waals surface area contributed by atoms with Crippen molar-refractivity contribution in [2.75, 3.05) is 20.0 Å². The Hall–Kier alpha value is -1.91. The second-order valence-electron chi connectivity index (χ2n) is 4.80. The van der Waals surface area contributed by atoms with E-state index in [2.05, 4.69) is 5.32 Å². The van der Waals surface area contributed by atoms with Gasteiger partial charge < -0.3 is 20.5 Å². The Morgan fingerprint density at radius 3 is 2.16 bits per heavy atom. The van der Waals surface area contributed by atoms with Gasteiger partial charge in [-0.3, -0.25) is 4.79 Å². The van der Waals surface area contributed by atoms with Crippen molar-refractivity contribution in [2.45, 2.75) is 26.8 Å². The van der Waals surface area contributed by atoms with E-state index in [1.54, 1.807) is 12.1 Å². The van der Waals surface area contributed by atoms with E-state index in [1.165, 1.54) is 14.2 Å². The van der Waals surface area contributed by atoms with Crippen LogP contribution in [0.25, 0.3) is 0 Å². The molecule has 0 saturated carbocycles. The SMILES string of the molecule is COc1cc(N)c(C(=O)NC(C)C(C)C)cc1OC. The van der Waals surface area contributed by atoms with Crippen LogP contribution >= 0.6 is 0 Å². The van der Waals surface area contributed by atoms with Gasteiger partial charge in [-0.15, -0.1) is 0 Å². The normalized spacial score (nSPS) is 12.1. The zero-order valence-electron chi connectivity index (χ0n) is 12.1. The zero-order valence-corrected chi connectivity index (χ0v) is 12.1. The van der Waals surface area contributed by atoms with Crippen molar-refractivity contribution in [1.82, 2.24) is 5.32 Å². The number of nitrogens with one attached hydrogen (secondary N) is 1. The quantitative estimate of drug-likeness (QED) is 0.800. The highest BCUT2D eigenvalue weighted by Gasteiger charge is 2.17. The number of nitrogen functional groups attached to an aromatic ring is 1. The number of hydrogen-bond acceptors (Lipinski definition) is 4. The van der Waals surface area contributed by atoms with Crippen molar-refractivity contribution in [3.8, 4) is 11.5 Å². The van der Waals surface area contributed by atoms with Gasteiger partial charge in [-0.25, -0.2) is 0 Å².